The number of aromatic nitrogens is 1. The lowest BCUT2D eigenvalue weighted by Crippen LogP contribution is -2.45. The molecule has 8 heteroatoms. The van der Waals surface area contributed by atoms with Crippen LogP contribution in [-0.4, -0.2) is 67.2 Å². The van der Waals surface area contributed by atoms with E-state index < -0.39 is 0 Å². The van der Waals surface area contributed by atoms with Crippen molar-refractivity contribution in [2.45, 2.75) is 51.6 Å². The highest BCUT2D eigenvalue weighted by Gasteiger charge is 2.26. The molecule has 1 aromatic heterocycles. The van der Waals surface area contributed by atoms with Gasteiger partial charge >= 0.3 is 0 Å². The van der Waals surface area contributed by atoms with Crippen LogP contribution in [0.25, 0.3) is 0 Å². The van der Waals surface area contributed by atoms with Gasteiger partial charge in [-0.25, -0.2) is 4.98 Å². The van der Waals surface area contributed by atoms with Gasteiger partial charge in [0.25, 0.3) is 0 Å². The zero-order valence-corrected chi connectivity index (χ0v) is 20.1. The van der Waals surface area contributed by atoms with Gasteiger partial charge in [0.05, 0.1) is 11.6 Å². The van der Waals surface area contributed by atoms with E-state index in [-0.39, 0.29) is 24.0 Å². The van der Waals surface area contributed by atoms with E-state index in [2.05, 4.69) is 39.3 Å². The number of pyridine rings is 1. The number of hydrogen-bond acceptors (Lipinski definition) is 4. The molecule has 0 saturated carbocycles. The highest BCUT2D eigenvalue weighted by atomic mass is 127. The van der Waals surface area contributed by atoms with Crippen LogP contribution in [0.5, 0.6) is 0 Å². The van der Waals surface area contributed by atoms with Crippen LogP contribution in [0.3, 0.4) is 0 Å². The SMILES string of the molecule is CCNC(=NCC(CC)N1CCCC1)NC1CCN(c2ncccc2Cl)C1.I. The first-order valence-electron chi connectivity index (χ1n) is 10.4. The van der Waals surface area contributed by atoms with Crippen molar-refractivity contribution in [2.24, 2.45) is 4.99 Å². The summed E-state index contributed by atoms with van der Waals surface area (Å²) in [6, 6.07) is 4.68. The van der Waals surface area contributed by atoms with Gasteiger partial charge in [0, 0.05) is 37.9 Å². The highest BCUT2D eigenvalue weighted by molar-refractivity contribution is 14.0. The van der Waals surface area contributed by atoms with Crippen molar-refractivity contribution in [1.29, 1.82) is 0 Å². The third-order valence-electron chi connectivity index (χ3n) is 5.50. The Labute approximate surface area is 191 Å². The normalized spacial score (nSPS) is 21.5. The molecule has 0 bridgehead atoms. The van der Waals surface area contributed by atoms with E-state index in [0.717, 1.165) is 55.8 Å². The molecule has 3 rings (SSSR count). The van der Waals surface area contributed by atoms with Crippen molar-refractivity contribution in [2.75, 3.05) is 44.2 Å². The minimum absolute atomic E-state index is 0. The van der Waals surface area contributed by atoms with Gasteiger partial charge in [0.2, 0.25) is 0 Å². The summed E-state index contributed by atoms with van der Waals surface area (Å²) in [5, 5.41) is 7.74. The summed E-state index contributed by atoms with van der Waals surface area (Å²) < 4.78 is 0. The van der Waals surface area contributed by atoms with E-state index in [1.165, 1.54) is 25.9 Å². The second kappa shape index (κ2) is 12.0. The lowest BCUT2D eigenvalue weighted by molar-refractivity contribution is 0.242. The first-order chi connectivity index (χ1) is 13.2. The van der Waals surface area contributed by atoms with Crippen LogP contribution in [0.4, 0.5) is 5.82 Å². The molecule has 2 fully saturated rings. The van der Waals surface area contributed by atoms with Gasteiger partial charge < -0.3 is 15.5 Å². The van der Waals surface area contributed by atoms with E-state index in [4.69, 9.17) is 16.6 Å². The molecule has 3 heterocycles. The molecule has 0 spiro atoms. The third-order valence-corrected chi connectivity index (χ3v) is 5.80. The molecule has 0 radical (unpaired) electrons. The number of halogens is 2. The van der Waals surface area contributed by atoms with E-state index in [9.17, 15) is 0 Å². The number of guanidine groups is 1. The summed E-state index contributed by atoms with van der Waals surface area (Å²) >= 11 is 6.30. The summed E-state index contributed by atoms with van der Waals surface area (Å²) in [6.07, 6.45) is 6.66. The molecule has 1 aromatic rings. The minimum Gasteiger partial charge on any atom is -0.357 e. The van der Waals surface area contributed by atoms with Crippen molar-refractivity contribution < 1.29 is 0 Å². The maximum Gasteiger partial charge on any atom is 0.191 e. The summed E-state index contributed by atoms with van der Waals surface area (Å²) in [7, 11) is 0. The largest absolute Gasteiger partial charge is 0.357 e. The van der Waals surface area contributed by atoms with Crippen molar-refractivity contribution in [3.8, 4) is 0 Å². The zero-order valence-electron chi connectivity index (χ0n) is 17.0. The molecule has 158 valence electrons. The van der Waals surface area contributed by atoms with Gasteiger partial charge in [0.1, 0.15) is 5.82 Å². The predicted molar refractivity (Wildman–Crippen MR) is 129 cm³/mol. The lowest BCUT2D eigenvalue weighted by Gasteiger charge is -2.25. The van der Waals surface area contributed by atoms with Crippen LogP contribution in [0, 0.1) is 0 Å². The third kappa shape index (κ3) is 6.35. The number of nitrogens with one attached hydrogen (secondary N) is 2. The monoisotopic (exact) mass is 520 g/mol. The average Bonchev–Trinajstić information content (AvgIpc) is 3.35. The molecule has 2 aliphatic rings. The van der Waals surface area contributed by atoms with Crippen LogP contribution in [-0.2, 0) is 0 Å². The van der Waals surface area contributed by atoms with Gasteiger partial charge in [-0.1, -0.05) is 18.5 Å². The van der Waals surface area contributed by atoms with Crippen LogP contribution in [0.1, 0.15) is 39.5 Å². The molecular weight excluding hydrogens is 487 g/mol. The molecule has 0 aliphatic carbocycles. The first-order valence-corrected chi connectivity index (χ1v) is 10.7. The molecule has 2 unspecified atom stereocenters. The van der Waals surface area contributed by atoms with Crippen LogP contribution < -0.4 is 15.5 Å². The lowest BCUT2D eigenvalue weighted by atomic mass is 10.2. The zero-order chi connectivity index (χ0) is 19.1. The molecule has 0 amide bonds. The standard InChI is InChI=1S/C20H33ClN6.HI/c1-3-17(26-11-5-6-12-26)14-24-20(22-4-2)25-16-9-13-27(15-16)19-18(21)8-7-10-23-19;/h7-8,10,16-17H,3-6,9,11-15H2,1-2H3,(H2,22,24,25);1H. The number of hydrogen-bond donors (Lipinski definition) is 2. The van der Waals surface area contributed by atoms with E-state index in [0.29, 0.717) is 12.1 Å². The van der Waals surface area contributed by atoms with E-state index in [1.807, 2.05) is 12.1 Å². The van der Waals surface area contributed by atoms with Gasteiger partial charge in [0.15, 0.2) is 5.96 Å². The smallest absolute Gasteiger partial charge is 0.191 e. The van der Waals surface area contributed by atoms with Crippen molar-refractivity contribution in [3.05, 3.63) is 23.4 Å². The number of anilines is 1. The average molecular weight is 521 g/mol. The molecule has 28 heavy (non-hydrogen) atoms. The highest BCUT2D eigenvalue weighted by Crippen LogP contribution is 2.25. The predicted octanol–water partition coefficient (Wildman–Crippen LogP) is 3.36. The quantitative estimate of drug-likeness (QED) is 0.328. The molecular formula is C20H34ClIN6. The Morgan fingerprint density at radius 1 is 1.32 bits per heavy atom. The molecule has 2 aliphatic heterocycles. The summed E-state index contributed by atoms with van der Waals surface area (Å²) in [6.45, 7) is 10.4. The number of aliphatic imine (C=N–C) groups is 1. The number of nitrogens with zero attached hydrogens (tertiary/aromatic N) is 4. The molecule has 0 aromatic carbocycles. The van der Waals surface area contributed by atoms with Crippen LogP contribution in [0.2, 0.25) is 5.02 Å². The summed E-state index contributed by atoms with van der Waals surface area (Å²) in [5.41, 5.74) is 0. The fraction of sp³-hybridized carbons (Fsp3) is 0.700. The maximum absolute atomic E-state index is 6.30. The first kappa shape index (κ1) is 23.5. The molecule has 2 atom stereocenters. The Kier molecular flexibility index (Phi) is 10.1. The fourth-order valence-electron chi connectivity index (χ4n) is 4.00. The maximum atomic E-state index is 6.30. The second-order valence-electron chi connectivity index (χ2n) is 7.41. The van der Waals surface area contributed by atoms with Crippen LogP contribution in [0.15, 0.2) is 23.3 Å². The number of likely N-dealkylation sites (tertiary alicyclic amines) is 1. The molecule has 6 nitrogen and oxygen atoms in total. The molecule has 2 N–H and O–H groups in total. The van der Waals surface area contributed by atoms with Crippen molar-refractivity contribution in [1.82, 2.24) is 20.5 Å². The minimum atomic E-state index is 0. The second-order valence-corrected chi connectivity index (χ2v) is 7.82. The Balaban J connectivity index is 0.00000280. The Bertz CT molecular complexity index is 622. The topological polar surface area (TPSA) is 55.8 Å². The van der Waals surface area contributed by atoms with Crippen LogP contribution >= 0.6 is 35.6 Å². The fourth-order valence-corrected chi connectivity index (χ4v) is 4.24. The van der Waals surface area contributed by atoms with E-state index >= 15 is 0 Å². The Morgan fingerprint density at radius 2 is 2.11 bits per heavy atom. The van der Waals surface area contributed by atoms with Gasteiger partial charge in [-0.3, -0.25) is 9.89 Å². The van der Waals surface area contributed by atoms with Gasteiger partial charge in [-0.15, -0.1) is 24.0 Å². The molecule has 2 saturated heterocycles. The van der Waals surface area contributed by atoms with Gasteiger partial charge in [-0.05, 0) is 57.8 Å². The Hall–Kier alpha value is -0.800. The summed E-state index contributed by atoms with van der Waals surface area (Å²) in [5.74, 6) is 1.81. The van der Waals surface area contributed by atoms with Crippen molar-refractivity contribution in [3.63, 3.8) is 0 Å². The summed E-state index contributed by atoms with van der Waals surface area (Å²) in [4.78, 5) is 14.2. The van der Waals surface area contributed by atoms with Crippen molar-refractivity contribution >= 4 is 47.4 Å². The van der Waals surface area contributed by atoms with E-state index in [1.54, 1.807) is 6.20 Å². The Morgan fingerprint density at radius 3 is 2.79 bits per heavy atom. The number of rotatable bonds is 7. The van der Waals surface area contributed by atoms with Gasteiger partial charge in [-0.2, -0.15) is 0 Å².